The molecule has 4 aliphatic heterocycles. The molecule has 2 saturated heterocycles. The molecule has 37 heavy (non-hydrogen) atoms. The molecule has 2 aliphatic carbocycles. The summed E-state index contributed by atoms with van der Waals surface area (Å²) in [6.45, 7) is 0.808. The Balaban J connectivity index is 1.32. The van der Waals surface area contributed by atoms with E-state index in [-0.39, 0.29) is 40.7 Å². The van der Waals surface area contributed by atoms with Crippen LogP contribution >= 0.6 is 23.5 Å². The number of aliphatic carboxylic acids is 1. The number of hydrogen-bond acceptors (Lipinski definition) is 8. The van der Waals surface area contributed by atoms with Gasteiger partial charge in [-0.3, -0.25) is 14.4 Å². The van der Waals surface area contributed by atoms with E-state index in [1.54, 1.807) is 29.9 Å². The maximum atomic E-state index is 13.8. The Morgan fingerprint density at radius 2 is 2.30 bits per heavy atom. The van der Waals surface area contributed by atoms with Crippen LogP contribution in [0, 0.1) is 5.41 Å². The fraction of sp³-hybridized carbons (Fsp3) is 0.440. The fourth-order valence-corrected chi connectivity index (χ4v) is 10.9. The van der Waals surface area contributed by atoms with Crippen LogP contribution in [0.4, 0.5) is 0 Å². The van der Waals surface area contributed by atoms with Crippen molar-refractivity contribution < 1.29 is 24.4 Å². The quantitative estimate of drug-likeness (QED) is 0.347. The van der Waals surface area contributed by atoms with Crippen molar-refractivity contribution in [2.75, 3.05) is 6.54 Å². The standard InChI is InChI=1S/C25H24N6O4S2/c1-30-8-28-23(11(30)4-10(26)24(34)35)37-22-19-12(32)5-13-25(22)6-14(36-13)29-18-16(25)20-15-9(2-3-31(19)20)7-27-17(15)21(18)33/h5,7-8,10,14,19-20,22,27,29H,2-4,6,26H2,1H3,(H,34,35)/p+1. The highest BCUT2D eigenvalue weighted by molar-refractivity contribution is 8.04. The van der Waals surface area contributed by atoms with E-state index in [1.807, 2.05) is 23.9 Å². The summed E-state index contributed by atoms with van der Waals surface area (Å²) in [5.41, 5.74) is 11.0. The van der Waals surface area contributed by atoms with Gasteiger partial charge >= 0.3 is 5.97 Å². The molecule has 6 aliphatic rings. The lowest BCUT2D eigenvalue weighted by molar-refractivity contribution is -0.948. The minimum Gasteiger partial charge on any atom is -0.480 e. The van der Waals surface area contributed by atoms with E-state index in [9.17, 15) is 19.5 Å². The summed E-state index contributed by atoms with van der Waals surface area (Å²) in [4.78, 5) is 49.3. The van der Waals surface area contributed by atoms with Gasteiger partial charge in [-0.05, 0) is 18.1 Å². The fourth-order valence-electron chi connectivity index (χ4n) is 7.62. The van der Waals surface area contributed by atoms with Crippen LogP contribution in [0.2, 0.25) is 0 Å². The van der Waals surface area contributed by atoms with Crippen molar-refractivity contribution in [2.45, 2.75) is 53.0 Å². The Bertz CT molecular complexity index is 1520. The Kier molecular flexibility index (Phi) is 4.31. The third kappa shape index (κ3) is 2.61. The molecule has 2 aromatic heterocycles. The highest BCUT2D eigenvalue weighted by Gasteiger charge is 2.71. The van der Waals surface area contributed by atoms with Gasteiger partial charge in [-0.15, -0.1) is 11.8 Å². The van der Waals surface area contributed by atoms with Crippen LogP contribution in [0.25, 0.3) is 0 Å². The van der Waals surface area contributed by atoms with Crippen LogP contribution in [0.15, 0.2) is 39.8 Å². The minimum absolute atomic E-state index is 0.0183. The molecule has 2 aromatic rings. The number of Topliss-reactive ketones (excluding diaryl/α,β-unsaturated/α-hetero) is 1. The molecule has 1 spiro atoms. The number of aromatic amines is 1. The topological polar surface area (TPSA) is 148 Å². The number of carbonyl (C=O) groups excluding carboxylic acids is 2. The lowest BCUT2D eigenvalue weighted by Gasteiger charge is -2.58. The third-order valence-corrected chi connectivity index (χ3v) is 11.9. The largest absolute Gasteiger partial charge is 0.480 e. The van der Waals surface area contributed by atoms with Gasteiger partial charge in [0.05, 0.1) is 46.0 Å². The van der Waals surface area contributed by atoms with Crippen molar-refractivity contribution in [1.82, 2.24) is 19.9 Å². The maximum absolute atomic E-state index is 13.8. The second-order valence-corrected chi connectivity index (χ2v) is 13.2. The number of thioether (sulfide) groups is 2. The van der Waals surface area contributed by atoms with Crippen molar-refractivity contribution in [2.24, 2.45) is 18.2 Å². The van der Waals surface area contributed by atoms with Crippen LogP contribution in [-0.4, -0.2) is 66.4 Å². The molecule has 7 unspecified atom stereocenters. The zero-order chi connectivity index (χ0) is 25.4. The summed E-state index contributed by atoms with van der Waals surface area (Å²) in [6.07, 6.45) is 7.28. The van der Waals surface area contributed by atoms with Gasteiger partial charge in [-0.2, -0.15) is 0 Å². The number of nitrogens with two attached hydrogens (primary N) is 1. The monoisotopic (exact) mass is 537 g/mol. The zero-order valence-electron chi connectivity index (χ0n) is 19.9. The second-order valence-electron chi connectivity index (χ2n) is 10.8. The third-order valence-electron chi connectivity index (χ3n) is 9.12. The molecular weight excluding hydrogens is 512 g/mol. The summed E-state index contributed by atoms with van der Waals surface area (Å²) in [7, 11) is 1.84. The number of imidazole rings is 1. The number of H-pyrrole nitrogens is 1. The van der Waals surface area contributed by atoms with Crippen LogP contribution in [0.1, 0.15) is 39.8 Å². The molecule has 8 rings (SSSR count). The summed E-state index contributed by atoms with van der Waals surface area (Å²) >= 11 is 3.25. The number of fused-ring (bicyclic) bond motifs is 3. The number of allylic oxidation sites excluding steroid dienone is 2. The molecule has 6 heterocycles. The van der Waals surface area contributed by atoms with E-state index in [0.717, 1.165) is 41.1 Å². The molecule has 3 bridgehead atoms. The molecule has 7 atom stereocenters. The highest BCUT2D eigenvalue weighted by atomic mass is 32.2. The average Bonchev–Trinajstić information content (AvgIpc) is 3.52. The molecule has 12 heteroatoms. The lowest BCUT2D eigenvalue weighted by Crippen LogP contribution is -3.21. The number of aryl methyl sites for hydroxylation is 1. The number of quaternary nitrogens is 1. The smallest absolute Gasteiger partial charge is 0.320 e. The number of carboxylic acid groups (broad SMARTS) is 1. The predicted molar refractivity (Wildman–Crippen MR) is 135 cm³/mol. The molecule has 0 aromatic carbocycles. The number of ketones is 2. The van der Waals surface area contributed by atoms with Gasteiger partial charge in [0, 0.05) is 42.1 Å². The molecule has 6 N–H and O–H groups in total. The second kappa shape index (κ2) is 7.19. The van der Waals surface area contributed by atoms with E-state index >= 15 is 0 Å². The van der Waals surface area contributed by atoms with E-state index in [4.69, 9.17) is 5.73 Å². The highest BCUT2D eigenvalue weighted by Crippen LogP contribution is 2.68. The van der Waals surface area contributed by atoms with E-state index in [2.05, 4.69) is 15.3 Å². The van der Waals surface area contributed by atoms with E-state index in [0.29, 0.717) is 16.4 Å². The van der Waals surface area contributed by atoms with Crippen LogP contribution < -0.4 is 16.0 Å². The number of carboxylic acids is 1. The normalized spacial score (nSPS) is 34.9. The maximum Gasteiger partial charge on any atom is 0.320 e. The summed E-state index contributed by atoms with van der Waals surface area (Å²) < 4.78 is 1.82. The molecule has 2 fully saturated rings. The van der Waals surface area contributed by atoms with Gasteiger partial charge in [0.15, 0.2) is 6.04 Å². The first-order valence-electron chi connectivity index (χ1n) is 12.5. The van der Waals surface area contributed by atoms with Gasteiger partial charge < -0.3 is 30.6 Å². The molecule has 0 saturated carbocycles. The van der Waals surface area contributed by atoms with Crippen LogP contribution in [-0.2, 0) is 29.5 Å². The predicted octanol–water partition coefficient (Wildman–Crippen LogP) is -0.303. The molecule has 10 nitrogen and oxygen atoms in total. The minimum atomic E-state index is -1.06. The van der Waals surface area contributed by atoms with Crippen LogP contribution in [0.5, 0.6) is 0 Å². The van der Waals surface area contributed by atoms with Gasteiger partial charge in [-0.25, -0.2) is 4.98 Å². The molecule has 190 valence electrons. The van der Waals surface area contributed by atoms with E-state index < -0.39 is 17.4 Å². The Labute approximate surface area is 220 Å². The van der Waals surface area contributed by atoms with Gasteiger partial charge in [0.2, 0.25) is 11.6 Å². The van der Waals surface area contributed by atoms with Crippen LogP contribution in [0.3, 0.4) is 0 Å². The summed E-state index contributed by atoms with van der Waals surface area (Å²) in [5, 5.41) is 13.6. The first kappa shape index (κ1) is 22.2. The first-order chi connectivity index (χ1) is 17.8. The Morgan fingerprint density at radius 3 is 3.11 bits per heavy atom. The Morgan fingerprint density at radius 1 is 1.46 bits per heavy atom. The SMILES string of the molecule is Cn1cnc(SC2C3C(=O)C=C4SC5CC42C2=C(N5)C(=O)c4[nH]cc5c4C2[NH+]3CC5)c1CC(N)C(=O)O. The molecular formula is C25H25N6O4S2+. The molecule has 0 amide bonds. The van der Waals surface area contributed by atoms with Crippen molar-refractivity contribution in [3.63, 3.8) is 0 Å². The average molecular weight is 538 g/mol. The Hall–Kier alpha value is -2.80. The number of nitrogens with zero attached hydrogens (tertiary/aromatic N) is 2. The van der Waals surface area contributed by atoms with Gasteiger partial charge in [0.25, 0.3) is 0 Å². The van der Waals surface area contributed by atoms with Crippen molar-refractivity contribution in [3.05, 3.63) is 57.3 Å². The molecule has 0 radical (unpaired) electrons. The number of carbonyl (C=O) groups is 3. The van der Waals surface area contributed by atoms with Crippen molar-refractivity contribution in [3.8, 4) is 0 Å². The summed E-state index contributed by atoms with van der Waals surface area (Å²) in [6, 6.07) is -1.35. The number of rotatable bonds is 5. The summed E-state index contributed by atoms with van der Waals surface area (Å²) in [5.74, 6) is -0.911. The number of nitrogens with one attached hydrogen (secondary N) is 3. The van der Waals surface area contributed by atoms with Crippen molar-refractivity contribution >= 4 is 41.1 Å². The van der Waals surface area contributed by atoms with Gasteiger partial charge in [0.1, 0.15) is 17.1 Å². The first-order valence-corrected chi connectivity index (χ1v) is 14.2. The van der Waals surface area contributed by atoms with Gasteiger partial charge in [-0.1, -0.05) is 11.8 Å². The number of hydrogen-bond donors (Lipinski definition) is 5. The number of piperidine rings is 1. The number of aromatic nitrogens is 3. The lowest BCUT2D eigenvalue weighted by atomic mass is 9.57. The van der Waals surface area contributed by atoms with E-state index in [1.165, 1.54) is 10.5 Å². The zero-order valence-corrected chi connectivity index (χ0v) is 21.5. The van der Waals surface area contributed by atoms with Crippen molar-refractivity contribution in [1.29, 1.82) is 0 Å².